The molecule has 1 unspecified atom stereocenters. The number of hydrogen-bond donors (Lipinski definition) is 1. The standard InChI is InChI=1S/C27H24ClNO5S/c1-33-26(31)20-11-16-9-10-17(30)12-19(16)25(15-7-8-15)29(13-21(20)27(32)34-2)14-23-24(28)18-5-3-4-6-22(18)35-23/h3-6,9-13,15,25,30H,7-8,14H2,1-2H3. The van der Waals surface area contributed by atoms with E-state index in [1.54, 1.807) is 41.8 Å². The number of halogens is 1. The van der Waals surface area contributed by atoms with Gasteiger partial charge in [0.1, 0.15) is 5.75 Å². The summed E-state index contributed by atoms with van der Waals surface area (Å²) in [5.74, 6) is -0.816. The fourth-order valence-electron chi connectivity index (χ4n) is 4.64. The third-order valence-electron chi connectivity index (χ3n) is 6.44. The van der Waals surface area contributed by atoms with Crippen molar-refractivity contribution >= 4 is 51.0 Å². The fraction of sp³-hybridized carbons (Fsp3) is 0.259. The van der Waals surface area contributed by atoms with E-state index in [1.807, 2.05) is 24.3 Å². The highest BCUT2D eigenvalue weighted by Crippen LogP contribution is 2.49. The summed E-state index contributed by atoms with van der Waals surface area (Å²) in [6.45, 7) is 0.420. The molecule has 8 heteroatoms. The number of esters is 2. The Bertz CT molecular complexity index is 1390. The second kappa shape index (κ2) is 9.40. The molecule has 0 spiro atoms. The minimum atomic E-state index is -0.648. The van der Waals surface area contributed by atoms with Crippen LogP contribution in [0.5, 0.6) is 5.75 Å². The Morgan fingerprint density at radius 1 is 1.09 bits per heavy atom. The number of methoxy groups -OCH3 is 2. The zero-order valence-corrected chi connectivity index (χ0v) is 20.9. The van der Waals surface area contributed by atoms with Crippen molar-refractivity contribution in [3.05, 3.63) is 80.8 Å². The molecule has 1 aliphatic heterocycles. The summed E-state index contributed by atoms with van der Waals surface area (Å²) >= 11 is 8.39. The molecule has 1 aliphatic carbocycles. The van der Waals surface area contributed by atoms with Gasteiger partial charge < -0.3 is 19.5 Å². The first-order valence-electron chi connectivity index (χ1n) is 11.3. The van der Waals surface area contributed by atoms with Crippen LogP contribution < -0.4 is 0 Å². The zero-order valence-electron chi connectivity index (χ0n) is 19.3. The maximum atomic E-state index is 12.9. The van der Waals surface area contributed by atoms with Crippen molar-refractivity contribution in [1.29, 1.82) is 0 Å². The highest BCUT2D eigenvalue weighted by Gasteiger charge is 2.39. The van der Waals surface area contributed by atoms with Gasteiger partial charge in [0.2, 0.25) is 0 Å². The summed E-state index contributed by atoms with van der Waals surface area (Å²) in [4.78, 5) is 28.7. The Labute approximate surface area is 212 Å². The maximum Gasteiger partial charge on any atom is 0.340 e. The van der Waals surface area contributed by atoms with Crippen molar-refractivity contribution in [3.63, 3.8) is 0 Å². The van der Waals surface area contributed by atoms with Crippen LogP contribution in [-0.4, -0.2) is 36.2 Å². The Morgan fingerprint density at radius 3 is 2.49 bits per heavy atom. The lowest BCUT2D eigenvalue weighted by molar-refractivity contribution is -0.139. The van der Waals surface area contributed by atoms with E-state index in [9.17, 15) is 14.7 Å². The van der Waals surface area contributed by atoms with Crippen LogP contribution in [0.4, 0.5) is 0 Å². The van der Waals surface area contributed by atoms with Crippen molar-refractivity contribution in [2.75, 3.05) is 14.2 Å². The molecule has 5 rings (SSSR count). The normalized spacial score (nSPS) is 17.7. The number of phenolic OH excluding ortho intramolecular Hbond substituents is 1. The first-order chi connectivity index (χ1) is 16.9. The first-order valence-corrected chi connectivity index (χ1v) is 12.5. The number of ether oxygens (including phenoxy) is 2. The van der Waals surface area contributed by atoms with Gasteiger partial charge >= 0.3 is 11.9 Å². The minimum Gasteiger partial charge on any atom is -0.508 e. The van der Waals surface area contributed by atoms with E-state index in [0.29, 0.717) is 17.5 Å². The molecule has 1 saturated carbocycles. The van der Waals surface area contributed by atoms with Crippen molar-refractivity contribution in [3.8, 4) is 5.75 Å². The van der Waals surface area contributed by atoms with Gasteiger partial charge in [-0.1, -0.05) is 35.9 Å². The molecule has 1 atom stereocenters. The lowest BCUT2D eigenvalue weighted by Gasteiger charge is -2.34. The van der Waals surface area contributed by atoms with Gasteiger partial charge in [0, 0.05) is 21.2 Å². The van der Waals surface area contributed by atoms with E-state index in [0.717, 1.165) is 38.9 Å². The van der Waals surface area contributed by atoms with Crippen LogP contribution in [0.2, 0.25) is 5.02 Å². The topological polar surface area (TPSA) is 76.1 Å². The van der Waals surface area contributed by atoms with E-state index < -0.39 is 11.9 Å². The third kappa shape index (κ3) is 4.42. The molecule has 1 fully saturated rings. The average Bonchev–Trinajstić information content (AvgIpc) is 3.64. The molecule has 2 aromatic carbocycles. The molecule has 180 valence electrons. The molecule has 0 bridgehead atoms. The Kier molecular flexibility index (Phi) is 6.30. The lowest BCUT2D eigenvalue weighted by Crippen LogP contribution is -2.29. The van der Waals surface area contributed by atoms with Gasteiger partial charge in [-0.3, -0.25) is 0 Å². The van der Waals surface area contributed by atoms with Crippen molar-refractivity contribution in [1.82, 2.24) is 4.90 Å². The van der Waals surface area contributed by atoms with Crippen LogP contribution in [0.1, 0.15) is 34.9 Å². The second-order valence-corrected chi connectivity index (χ2v) is 10.2. The number of benzene rings is 2. The lowest BCUT2D eigenvalue weighted by atomic mass is 9.90. The number of fused-ring (bicyclic) bond motifs is 2. The number of carbonyl (C=O) groups excluding carboxylic acids is 2. The molecule has 0 amide bonds. The van der Waals surface area contributed by atoms with Gasteiger partial charge in [-0.05, 0) is 54.2 Å². The van der Waals surface area contributed by atoms with Crippen molar-refractivity contribution in [2.24, 2.45) is 5.92 Å². The molecule has 0 saturated heterocycles. The SMILES string of the molecule is COC(=O)C1=Cc2ccc(O)cc2C(C2CC2)N(Cc2sc3ccccc3c2Cl)C=C1C(=O)OC. The molecule has 35 heavy (non-hydrogen) atoms. The fourth-order valence-corrected chi connectivity index (χ4v) is 6.14. The summed E-state index contributed by atoms with van der Waals surface area (Å²) in [5.41, 5.74) is 1.82. The van der Waals surface area contributed by atoms with E-state index in [2.05, 4.69) is 4.90 Å². The van der Waals surface area contributed by atoms with Crippen molar-refractivity contribution in [2.45, 2.75) is 25.4 Å². The summed E-state index contributed by atoms with van der Waals surface area (Å²) in [7, 11) is 2.56. The largest absolute Gasteiger partial charge is 0.508 e. The number of hydrogen-bond acceptors (Lipinski definition) is 7. The summed E-state index contributed by atoms with van der Waals surface area (Å²) in [6.07, 6.45) is 5.37. The van der Waals surface area contributed by atoms with Gasteiger partial charge in [-0.15, -0.1) is 11.3 Å². The molecule has 3 aromatic rings. The number of rotatable bonds is 5. The quantitative estimate of drug-likeness (QED) is 0.435. The smallest absolute Gasteiger partial charge is 0.340 e. The van der Waals surface area contributed by atoms with Crippen LogP contribution >= 0.6 is 22.9 Å². The van der Waals surface area contributed by atoms with Gasteiger partial charge in [-0.2, -0.15) is 0 Å². The number of thiophene rings is 1. The number of carbonyl (C=O) groups is 2. The van der Waals surface area contributed by atoms with Gasteiger partial charge in [0.25, 0.3) is 0 Å². The van der Waals surface area contributed by atoms with Crippen LogP contribution in [0.25, 0.3) is 16.2 Å². The van der Waals surface area contributed by atoms with E-state index in [4.69, 9.17) is 21.1 Å². The summed E-state index contributed by atoms with van der Waals surface area (Å²) in [6, 6.07) is 12.9. The molecule has 0 radical (unpaired) electrons. The van der Waals surface area contributed by atoms with Gasteiger partial charge in [0.05, 0.1) is 43.0 Å². The third-order valence-corrected chi connectivity index (χ3v) is 8.14. The number of nitrogens with zero attached hydrogens (tertiary/aromatic N) is 1. The van der Waals surface area contributed by atoms with E-state index in [-0.39, 0.29) is 22.9 Å². The Hall–Kier alpha value is -3.29. The van der Waals surface area contributed by atoms with Crippen molar-refractivity contribution < 1.29 is 24.2 Å². The van der Waals surface area contributed by atoms with Gasteiger partial charge in [0.15, 0.2) is 0 Å². The maximum absolute atomic E-state index is 12.9. The predicted octanol–water partition coefficient (Wildman–Crippen LogP) is 5.84. The zero-order chi connectivity index (χ0) is 24.7. The summed E-state index contributed by atoms with van der Waals surface area (Å²) < 4.78 is 11.1. The summed E-state index contributed by atoms with van der Waals surface area (Å²) in [5, 5.41) is 12.0. The van der Waals surface area contributed by atoms with Crippen LogP contribution in [0, 0.1) is 5.92 Å². The van der Waals surface area contributed by atoms with E-state index in [1.165, 1.54) is 14.2 Å². The Morgan fingerprint density at radius 2 is 1.80 bits per heavy atom. The second-order valence-electron chi connectivity index (χ2n) is 8.69. The number of aromatic hydroxyl groups is 1. The molecule has 2 heterocycles. The molecule has 6 nitrogen and oxygen atoms in total. The molecular weight excluding hydrogens is 486 g/mol. The molecule has 1 N–H and O–H groups in total. The Balaban J connectivity index is 1.72. The van der Waals surface area contributed by atoms with Crippen LogP contribution in [0.3, 0.4) is 0 Å². The minimum absolute atomic E-state index is 0.0907. The molecular formula is C27H24ClNO5S. The average molecular weight is 510 g/mol. The predicted molar refractivity (Wildman–Crippen MR) is 136 cm³/mol. The number of phenols is 1. The van der Waals surface area contributed by atoms with E-state index >= 15 is 0 Å². The molecule has 2 aliphatic rings. The molecule has 1 aromatic heterocycles. The van der Waals surface area contributed by atoms with Crippen LogP contribution in [0.15, 0.2) is 59.8 Å². The monoisotopic (exact) mass is 509 g/mol. The highest BCUT2D eigenvalue weighted by molar-refractivity contribution is 7.19. The van der Waals surface area contributed by atoms with Gasteiger partial charge in [-0.25, -0.2) is 9.59 Å². The first kappa shape index (κ1) is 23.5. The highest BCUT2D eigenvalue weighted by atomic mass is 35.5. The van der Waals surface area contributed by atoms with Crippen LogP contribution in [-0.2, 0) is 25.6 Å².